The second-order valence-corrected chi connectivity index (χ2v) is 12.9. The minimum Gasteiger partial charge on any atom is -0.392 e. The Balaban J connectivity index is 1.50. The number of nitrogens with zero attached hydrogens (tertiary/aromatic N) is 1. The summed E-state index contributed by atoms with van der Waals surface area (Å²) in [7, 11) is 0. The second-order valence-electron chi connectivity index (χ2n) is 12.9. The van der Waals surface area contributed by atoms with Crippen molar-refractivity contribution in [1.29, 1.82) is 0 Å². The van der Waals surface area contributed by atoms with Crippen LogP contribution in [0.25, 0.3) is 6.08 Å². The molecule has 0 aromatic heterocycles. The molecule has 1 aromatic rings. The van der Waals surface area contributed by atoms with Crippen molar-refractivity contribution in [2.45, 2.75) is 65.6 Å². The Hall–Kier alpha value is -2.28. The SMILES string of the molecule is C=C[C@]1(C)C[C@@H](O)[C@]2(C)[C@H](C)CC[C@]3(C/C(=C\c4ccc(C(=O)N5CCOCC5)cc4)C(=O)[C@H]32)[C@@H](C)[C@@H]1O. The molecular formula is C32H43NO5. The van der Waals surface area contributed by atoms with Crippen LogP contribution in [0.3, 0.4) is 0 Å². The highest BCUT2D eigenvalue weighted by Gasteiger charge is 2.68. The van der Waals surface area contributed by atoms with Gasteiger partial charge in [0.05, 0.1) is 25.4 Å². The molecule has 2 N–H and O–H groups in total. The molecule has 6 heteroatoms. The number of Topliss-reactive ketones (excluding diaryl/α,β-unsaturated/α-hetero) is 1. The second kappa shape index (κ2) is 9.72. The molecular weight excluding hydrogens is 478 g/mol. The molecule has 1 saturated heterocycles. The van der Waals surface area contributed by atoms with Gasteiger partial charge in [-0.3, -0.25) is 9.59 Å². The van der Waals surface area contributed by atoms with Gasteiger partial charge in [0.15, 0.2) is 5.78 Å². The van der Waals surface area contributed by atoms with E-state index in [2.05, 4.69) is 27.4 Å². The van der Waals surface area contributed by atoms with Crippen LogP contribution in [0.15, 0.2) is 42.5 Å². The van der Waals surface area contributed by atoms with Crippen LogP contribution in [0.2, 0.25) is 0 Å². The summed E-state index contributed by atoms with van der Waals surface area (Å²) in [5.41, 5.74) is 0.645. The first-order chi connectivity index (χ1) is 18.0. The number of allylic oxidation sites excluding steroid dienone is 1. The number of carbonyl (C=O) groups excluding carboxylic acids is 2. The van der Waals surface area contributed by atoms with Gasteiger partial charge in [-0.1, -0.05) is 45.9 Å². The minimum atomic E-state index is -0.721. The highest BCUT2D eigenvalue weighted by Crippen LogP contribution is 2.68. The number of ether oxygens (including phenoxy) is 1. The van der Waals surface area contributed by atoms with Crippen molar-refractivity contribution in [2.24, 2.45) is 34.0 Å². The molecule has 0 spiro atoms. The highest BCUT2D eigenvalue weighted by molar-refractivity contribution is 6.05. The van der Waals surface area contributed by atoms with Gasteiger partial charge in [0.2, 0.25) is 0 Å². The molecule has 206 valence electrons. The van der Waals surface area contributed by atoms with E-state index >= 15 is 0 Å². The van der Waals surface area contributed by atoms with Crippen molar-refractivity contribution in [3.8, 4) is 0 Å². The molecule has 0 radical (unpaired) electrons. The third-order valence-corrected chi connectivity index (χ3v) is 11.1. The highest BCUT2D eigenvalue weighted by atomic mass is 16.5. The first-order valence-electron chi connectivity index (χ1n) is 14.2. The predicted molar refractivity (Wildman–Crippen MR) is 147 cm³/mol. The van der Waals surface area contributed by atoms with Crippen molar-refractivity contribution in [2.75, 3.05) is 26.3 Å². The Labute approximate surface area is 226 Å². The number of aliphatic hydroxyl groups is 2. The van der Waals surface area contributed by atoms with Crippen LogP contribution in [0.5, 0.6) is 0 Å². The summed E-state index contributed by atoms with van der Waals surface area (Å²) in [6, 6.07) is 7.48. The van der Waals surface area contributed by atoms with E-state index in [1.807, 2.05) is 42.2 Å². The van der Waals surface area contributed by atoms with E-state index in [1.165, 1.54) is 0 Å². The molecule has 38 heavy (non-hydrogen) atoms. The van der Waals surface area contributed by atoms with E-state index in [0.29, 0.717) is 44.7 Å². The molecule has 6 nitrogen and oxygen atoms in total. The fourth-order valence-electron chi connectivity index (χ4n) is 8.22. The smallest absolute Gasteiger partial charge is 0.254 e. The van der Waals surface area contributed by atoms with Gasteiger partial charge in [0, 0.05) is 35.4 Å². The molecule has 5 rings (SSSR count). The number of benzene rings is 1. The van der Waals surface area contributed by atoms with Crippen LogP contribution >= 0.6 is 0 Å². The van der Waals surface area contributed by atoms with Crippen LogP contribution in [-0.4, -0.2) is 65.3 Å². The Kier molecular flexibility index (Phi) is 6.98. The Morgan fingerprint density at radius 3 is 2.42 bits per heavy atom. The quantitative estimate of drug-likeness (QED) is 0.452. The van der Waals surface area contributed by atoms with Gasteiger partial charge in [-0.25, -0.2) is 0 Å². The van der Waals surface area contributed by atoms with Gasteiger partial charge in [0.1, 0.15) is 0 Å². The summed E-state index contributed by atoms with van der Waals surface area (Å²) in [5.74, 6) is -0.187. The van der Waals surface area contributed by atoms with Gasteiger partial charge >= 0.3 is 0 Å². The normalized spacial score (nSPS) is 42.4. The monoisotopic (exact) mass is 521 g/mol. The zero-order valence-electron chi connectivity index (χ0n) is 23.3. The number of hydrogen-bond donors (Lipinski definition) is 2. The van der Waals surface area contributed by atoms with Crippen molar-refractivity contribution in [1.82, 2.24) is 4.90 Å². The van der Waals surface area contributed by atoms with Crippen LogP contribution in [0, 0.1) is 34.0 Å². The van der Waals surface area contributed by atoms with Crippen molar-refractivity contribution >= 4 is 17.8 Å². The molecule has 0 unspecified atom stereocenters. The maximum absolute atomic E-state index is 14.2. The van der Waals surface area contributed by atoms with E-state index in [9.17, 15) is 19.8 Å². The maximum atomic E-state index is 14.2. The molecule has 3 saturated carbocycles. The Bertz CT molecular complexity index is 1140. The third kappa shape index (κ3) is 4.02. The topological polar surface area (TPSA) is 87.1 Å². The zero-order chi connectivity index (χ0) is 27.5. The van der Waals surface area contributed by atoms with Gasteiger partial charge in [-0.05, 0) is 72.3 Å². The minimum absolute atomic E-state index is 0.000341. The largest absolute Gasteiger partial charge is 0.392 e. The van der Waals surface area contributed by atoms with E-state index in [0.717, 1.165) is 24.0 Å². The van der Waals surface area contributed by atoms with E-state index in [1.54, 1.807) is 6.08 Å². The lowest BCUT2D eigenvalue weighted by Gasteiger charge is -2.61. The van der Waals surface area contributed by atoms with Crippen LogP contribution < -0.4 is 0 Å². The molecule has 1 aliphatic heterocycles. The van der Waals surface area contributed by atoms with Gasteiger partial charge in [0.25, 0.3) is 5.91 Å². The maximum Gasteiger partial charge on any atom is 0.254 e. The van der Waals surface area contributed by atoms with Crippen molar-refractivity contribution in [3.63, 3.8) is 0 Å². The van der Waals surface area contributed by atoms with Gasteiger partial charge in [-0.2, -0.15) is 0 Å². The number of hydrogen-bond acceptors (Lipinski definition) is 5. The first kappa shape index (κ1) is 27.3. The number of morpholine rings is 1. The van der Waals surface area contributed by atoms with Crippen LogP contribution in [-0.2, 0) is 9.53 Å². The predicted octanol–water partition coefficient (Wildman–Crippen LogP) is 4.51. The van der Waals surface area contributed by atoms with E-state index in [4.69, 9.17) is 4.74 Å². The zero-order valence-corrected chi connectivity index (χ0v) is 23.3. The molecule has 4 fully saturated rings. The summed E-state index contributed by atoms with van der Waals surface area (Å²) < 4.78 is 5.36. The summed E-state index contributed by atoms with van der Waals surface area (Å²) in [4.78, 5) is 28.9. The third-order valence-electron chi connectivity index (χ3n) is 11.1. The number of ketones is 1. The lowest BCUT2D eigenvalue weighted by Crippen LogP contribution is -2.62. The number of aliphatic hydroxyl groups excluding tert-OH is 2. The average Bonchev–Trinajstić information content (AvgIpc) is 3.22. The van der Waals surface area contributed by atoms with Crippen molar-refractivity contribution in [3.05, 3.63) is 53.6 Å². The van der Waals surface area contributed by atoms with E-state index in [-0.39, 0.29) is 29.4 Å². The Morgan fingerprint density at radius 1 is 1.13 bits per heavy atom. The summed E-state index contributed by atoms with van der Waals surface area (Å²) in [5, 5.41) is 23.3. The summed E-state index contributed by atoms with van der Waals surface area (Å²) >= 11 is 0. The molecule has 3 aliphatic carbocycles. The van der Waals surface area contributed by atoms with Gasteiger partial charge in [-0.15, -0.1) is 6.58 Å². The first-order valence-corrected chi connectivity index (χ1v) is 14.2. The molecule has 1 aromatic carbocycles. The van der Waals surface area contributed by atoms with Crippen LogP contribution in [0.4, 0.5) is 0 Å². The van der Waals surface area contributed by atoms with Crippen LogP contribution in [0.1, 0.15) is 69.3 Å². The molecule has 1 heterocycles. The van der Waals surface area contributed by atoms with Crippen molar-refractivity contribution < 1.29 is 24.5 Å². The van der Waals surface area contributed by atoms with E-state index < -0.39 is 28.5 Å². The summed E-state index contributed by atoms with van der Waals surface area (Å²) in [6.45, 7) is 14.7. The molecule has 2 bridgehead atoms. The molecule has 4 aliphatic rings. The molecule has 8 atom stereocenters. The standard InChI is InChI=1S/C32H43NO5/c1-6-30(4)19-25(34)31(5)20(2)11-12-32(21(3)28(30)36)18-24(26(35)27(31)32)17-22-7-9-23(10-8-22)29(37)33-13-15-38-16-14-33/h6-10,17,20-21,25,27-28,34,36H,1,11-16,18-19H2,2-5H3/b24-17+/t20-,21+,25-,27+,28+,30-,31+,32+/m1/s1. The average molecular weight is 522 g/mol. The number of amides is 1. The Morgan fingerprint density at radius 2 is 1.79 bits per heavy atom. The lowest BCUT2D eigenvalue weighted by molar-refractivity contribution is -0.191. The molecule has 1 amide bonds. The fourth-order valence-corrected chi connectivity index (χ4v) is 8.22. The van der Waals surface area contributed by atoms with Gasteiger partial charge < -0.3 is 19.8 Å². The number of carbonyl (C=O) groups is 2. The lowest BCUT2D eigenvalue weighted by atomic mass is 9.44. The number of rotatable bonds is 3. The summed E-state index contributed by atoms with van der Waals surface area (Å²) in [6.07, 6.45) is 5.09. The fraction of sp³-hybridized carbons (Fsp3) is 0.625.